The van der Waals surface area contributed by atoms with Crippen molar-refractivity contribution in [1.82, 2.24) is 4.90 Å². The summed E-state index contributed by atoms with van der Waals surface area (Å²) >= 11 is 1.72. The summed E-state index contributed by atoms with van der Waals surface area (Å²) in [4.78, 5) is 17.2. The normalized spacial score (nSPS) is 26.5. The number of carbonyl (C=O) groups is 1. The van der Waals surface area contributed by atoms with Gasteiger partial charge in [-0.3, -0.25) is 4.79 Å². The number of amides is 1. The Morgan fingerprint density at radius 3 is 2.78 bits per heavy atom. The second kappa shape index (κ2) is 6.19. The van der Waals surface area contributed by atoms with Gasteiger partial charge in [-0.25, -0.2) is 0 Å². The lowest BCUT2D eigenvalue weighted by molar-refractivity contribution is -0.181. The van der Waals surface area contributed by atoms with Crippen LogP contribution in [0.25, 0.3) is 0 Å². The number of aryl methyl sites for hydroxylation is 1. The van der Waals surface area contributed by atoms with Gasteiger partial charge in [-0.15, -0.1) is 11.3 Å². The lowest BCUT2D eigenvalue weighted by atomic mass is 9.87. The highest BCUT2D eigenvalue weighted by Crippen LogP contribution is 2.36. The van der Waals surface area contributed by atoms with Gasteiger partial charge in [-0.05, 0) is 36.8 Å². The number of carbonyl (C=O) groups excluding carboxylic acids is 1. The zero-order chi connectivity index (χ0) is 15.9. The lowest BCUT2D eigenvalue weighted by Gasteiger charge is -2.37. The van der Waals surface area contributed by atoms with Crippen molar-refractivity contribution in [3.05, 3.63) is 21.4 Å². The molecule has 126 valence electrons. The van der Waals surface area contributed by atoms with Crippen molar-refractivity contribution in [3.8, 4) is 0 Å². The second-order valence-corrected chi connectivity index (χ2v) is 8.11. The number of piperidine rings is 1. The smallest absolute Gasteiger partial charge is 0.263 e. The van der Waals surface area contributed by atoms with Gasteiger partial charge >= 0.3 is 0 Å². The third kappa shape index (κ3) is 2.94. The molecule has 1 amide bonds. The highest BCUT2D eigenvalue weighted by Gasteiger charge is 2.41. The second-order valence-electron chi connectivity index (χ2n) is 6.98. The van der Waals surface area contributed by atoms with Crippen molar-refractivity contribution >= 4 is 17.2 Å². The van der Waals surface area contributed by atoms with Crippen LogP contribution in [0.15, 0.2) is 6.07 Å². The zero-order valence-electron chi connectivity index (χ0n) is 13.8. The Morgan fingerprint density at radius 2 is 2.09 bits per heavy atom. The number of rotatable bonds is 2. The topological polar surface area (TPSA) is 38.8 Å². The van der Waals surface area contributed by atoms with Gasteiger partial charge in [0.2, 0.25) is 0 Å². The fourth-order valence-corrected chi connectivity index (χ4v) is 5.22. The summed E-state index contributed by atoms with van der Waals surface area (Å²) in [7, 11) is 0. The van der Waals surface area contributed by atoms with E-state index in [-0.39, 0.29) is 5.91 Å². The largest absolute Gasteiger partial charge is 0.347 e. The molecule has 3 aliphatic rings. The summed E-state index contributed by atoms with van der Waals surface area (Å²) in [6.07, 6.45) is 6.41. The number of ether oxygens (including phenoxy) is 2. The van der Waals surface area contributed by atoms with E-state index >= 15 is 0 Å². The molecule has 1 aromatic rings. The van der Waals surface area contributed by atoms with E-state index in [0.29, 0.717) is 13.2 Å². The minimum Gasteiger partial charge on any atom is -0.347 e. The van der Waals surface area contributed by atoms with Gasteiger partial charge in [0.05, 0.1) is 18.1 Å². The summed E-state index contributed by atoms with van der Waals surface area (Å²) < 4.78 is 11.5. The Bertz CT molecular complexity index is 581. The molecule has 0 aromatic carbocycles. The van der Waals surface area contributed by atoms with E-state index < -0.39 is 5.79 Å². The molecular weight excluding hydrogens is 310 g/mol. The summed E-state index contributed by atoms with van der Waals surface area (Å²) in [5.41, 5.74) is 1.42. The van der Waals surface area contributed by atoms with Crippen molar-refractivity contribution in [3.63, 3.8) is 0 Å². The molecule has 23 heavy (non-hydrogen) atoms. The number of hydrogen-bond donors (Lipinski definition) is 0. The number of fused-ring (bicyclic) bond motifs is 1. The Balaban J connectivity index is 1.43. The van der Waals surface area contributed by atoms with Crippen LogP contribution in [0.2, 0.25) is 0 Å². The minimum atomic E-state index is -0.403. The molecule has 0 saturated carbocycles. The van der Waals surface area contributed by atoms with Gasteiger partial charge < -0.3 is 14.4 Å². The van der Waals surface area contributed by atoms with E-state index in [0.717, 1.165) is 49.6 Å². The van der Waals surface area contributed by atoms with Crippen LogP contribution in [-0.4, -0.2) is 42.9 Å². The molecule has 0 bridgehead atoms. The number of thiophene rings is 1. The summed E-state index contributed by atoms with van der Waals surface area (Å²) in [5.74, 6) is 0.594. The van der Waals surface area contributed by atoms with E-state index in [1.54, 1.807) is 11.3 Å². The van der Waals surface area contributed by atoms with Gasteiger partial charge in [-0.1, -0.05) is 13.3 Å². The van der Waals surface area contributed by atoms with Crippen LogP contribution in [0.4, 0.5) is 0 Å². The standard InChI is InChI=1S/C18H25NO3S/c1-2-13-3-4-15-14(11-13)12-16(23-15)17(20)19-7-5-18(6-8-19)21-9-10-22-18/h12-13H,2-11H2,1H3/t13-/m1/s1. The molecule has 1 atom stereocenters. The van der Waals surface area contributed by atoms with E-state index in [1.165, 1.54) is 23.3 Å². The third-order valence-electron chi connectivity index (χ3n) is 5.60. The SMILES string of the molecule is CC[C@@H]1CCc2sc(C(=O)N3CCC4(CC3)OCCO4)cc2C1. The molecule has 1 spiro atoms. The Morgan fingerprint density at radius 1 is 1.35 bits per heavy atom. The predicted molar refractivity (Wildman–Crippen MR) is 89.9 cm³/mol. The number of nitrogens with zero attached hydrogens (tertiary/aromatic N) is 1. The van der Waals surface area contributed by atoms with Crippen molar-refractivity contribution in [1.29, 1.82) is 0 Å². The van der Waals surface area contributed by atoms with E-state index in [9.17, 15) is 4.79 Å². The van der Waals surface area contributed by atoms with Crippen LogP contribution in [0, 0.1) is 5.92 Å². The first-order chi connectivity index (χ1) is 11.2. The summed E-state index contributed by atoms with van der Waals surface area (Å²) in [6.45, 7) is 5.11. The molecule has 0 radical (unpaired) electrons. The molecule has 4 rings (SSSR count). The van der Waals surface area contributed by atoms with Gasteiger partial charge in [0, 0.05) is 30.8 Å². The molecule has 2 aliphatic heterocycles. The van der Waals surface area contributed by atoms with Gasteiger partial charge in [-0.2, -0.15) is 0 Å². The Kier molecular flexibility index (Phi) is 4.20. The van der Waals surface area contributed by atoms with Crippen LogP contribution < -0.4 is 0 Å². The number of hydrogen-bond acceptors (Lipinski definition) is 4. The molecule has 3 heterocycles. The molecule has 2 fully saturated rings. The maximum Gasteiger partial charge on any atom is 0.263 e. The van der Waals surface area contributed by atoms with Gasteiger partial charge in [0.15, 0.2) is 5.79 Å². The van der Waals surface area contributed by atoms with Crippen molar-refractivity contribution in [2.45, 2.75) is 51.2 Å². The summed E-state index contributed by atoms with van der Waals surface area (Å²) in [6, 6.07) is 2.16. The Labute approximate surface area is 141 Å². The van der Waals surface area contributed by atoms with Crippen molar-refractivity contribution < 1.29 is 14.3 Å². The Hall–Kier alpha value is -0.910. The number of likely N-dealkylation sites (tertiary alicyclic amines) is 1. The first-order valence-corrected chi connectivity index (χ1v) is 9.69. The minimum absolute atomic E-state index is 0.199. The summed E-state index contributed by atoms with van der Waals surface area (Å²) in [5, 5.41) is 0. The van der Waals surface area contributed by atoms with E-state index in [2.05, 4.69) is 13.0 Å². The van der Waals surface area contributed by atoms with Crippen molar-refractivity contribution in [2.24, 2.45) is 5.92 Å². The molecule has 4 nitrogen and oxygen atoms in total. The van der Waals surface area contributed by atoms with Crippen LogP contribution in [-0.2, 0) is 22.3 Å². The quantitative estimate of drug-likeness (QED) is 0.833. The molecule has 1 aromatic heterocycles. The van der Waals surface area contributed by atoms with Crippen molar-refractivity contribution in [2.75, 3.05) is 26.3 Å². The highest BCUT2D eigenvalue weighted by molar-refractivity contribution is 7.14. The van der Waals surface area contributed by atoms with E-state index in [1.807, 2.05) is 4.90 Å². The van der Waals surface area contributed by atoms with Crippen LogP contribution in [0.3, 0.4) is 0 Å². The first kappa shape index (κ1) is 15.6. The molecule has 5 heteroatoms. The lowest BCUT2D eigenvalue weighted by Crippen LogP contribution is -2.47. The van der Waals surface area contributed by atoms with Crippen LogP contribution in [0.5, 0.6) is 0 Å². The molecule has 0 N–H and O–H groups in total. The first-order valence-electron chi connectivity index (χ1n) is 8.88. The third-order valence-corrected chi connectivity index (χ3v) is 6.82. The average Bonchev–Trinajstić information content (AvgIpc) is 3.21. The maximum atomic E-state index is 12.8. The average molecular weight is 335 g/mol. The zero-order valence-corrected chi connectivity index (χ0v) is 14.6. The molecule has 2 saturated heterocycles. The fraction of sp³-hybridized carbons (Fsp3) is 0.722. The van der Waals surface area contributed by atoms with Crippen LogP contribution in [0.1, 0.15) is 52.7 Å². The monoisotopic (exact) mass is 335 g/mol. The highest BCUT2D eigenvalue weighted by atomic mass is 32.1. The molecule has 0 unspecified atom stereocenters. The molecule has 1 aliphatic carbocycles. The maximum absolute atomic E-state index is 12.8. The van der Waals surface area contributed by atoms with Gasteiger partial charge in [0.1, 0.15) is 0 Å². The fourth-order valence-electron chi connectivity index (χ4n) is 4.04. The molecular formula is C18H25NO3S. The van der Waals surface area contributed by atoms with Crippen LogP contribution >= 0.6 is 11.3 Å². The van der Waals surface area contributed by atoms with Gasteiger partial charge in [0.25, 0.3) is 5.91 Å². The predicted octanol–water partition coefficient (Wildman–Crippen LogP) is 3.24. The van der Waals surface area contributed by atoms with E-state index in [4.69, 9.17) is 9.47 Å².